The van der Waals surface area contributed by atoms with Crippen LogP contribution in [-0.4, -0.2) is 29.8 Å². The van der Waals surface area contributed by atoms with Crippen LogP contribution in [0.1, 0.15) is 12.2 Å². The van der Waals surface area contributed by atoms with E-state index in [0.29, 0.717) is 12.3 Å². The summed E-state index contributed by atoms with van der Waals surface area (Å²) in [6.07, 6.45) is 1.67. The monoisotopic (exact) mass is 243 g/mol. The molecule has 1 rings (SSSR count). The third-order valence-corrected chi connectivity index (χ3v) is 2.29. The lowest BCUT2D eigenvalue weighted by Gasteiger charge is -2.18. The first-order chi connectivity index (χ1) is 7.63. The number of amides is 1. The molecule has 0 aliphatic heterocycles. The van der Waals surface area contributed by atoms with Crippen molar-refractivity contribution >= 4 is 23.8 Å². The Morgan fingerprint density at radius 1 is 1.56 bits per heavy atom. The Morgan fingerprint density at radius 3 is 2.81 bits per heavy atom. The molecule has 0 unspecified atom stereocenters. The van der Waals surface area contributed by atoms with Crippen LogP contribution in [0.4, 0.5) is 4.79 Å². The van der Waals surface area contributed by atoms with E-state index < -0.39 is 5.24 Å². The second kappa shape index (κ2) is 6.22. The Hall–Kier alpha value is -1.43. The van der Waals surface area contributed by atoms with Crippen LogP contribution in [0.3, 0.4) is 0 Å². The van der Waals surface area contributed by atoms with Crippen molar-refractivity contribution in [3.05, 3.63) is 24.2 Å². The number of hydrogen-bond donors (Lipinski definition) is 1. The number of carbonyl (C=O) groups is 2. The van der Waals surface area contributed by atoms with E-state index in [0.717, 1.165) is 0 Å². The first-order valence-corrected chi connectivity index (χ1v) is 5.15. The highest BCUT2D eigenvalue weighted by atomic mass is 32.1. The van der Waals surface area contributed by atoms with Gasteiger partial charge in [0.1, 0.15) is 5.76 Å². The van der Waals surface area contributed by atoms with Crippen LogP contribution in [-0.2, 0) is 16.1 Å². The van der Waals surface area contributed by atoms with Crippen molar-refractivity contribution in [2.75, 3.05) is 13.7 Å². The van der Waals surface area contributed by atoms with Crippen LogP contribution >= 0.6 is 12.6 Å². The van der Waals surface area contributed by atoms with Gasteiger partial charge in [-0.25, -0.2) is 0 Å². The third-order valence-electron chi connectivity index (χ3n) is 2.01. The average molecular weight is 243 g/mol. The van der Waals surface area contributed by atoms with Gasteiger partial charge in [0, 0.05) is 6.54 Å². The average Bonchev–Trinajstić information content (AvgIpc) is 2.75. The number of thiol groups is 1. The fraction of sp³-hybridized carbons (Fsp3) is 0.400. The molecule has 0 bridgehead atoms. The molecule has 0 aromatic carbocycles. The number of methoxy groups -OCH3 is 1. The minimum absolute atomic E-state index is 0.142. The van der Waals surface area contributed by atoms with Crippen molar-refractivity contribution in [1.29, 1.82) is 0 Å². The molecule has 0 fully saturated rings. The Bertz CT molecular complexity index is 350. The summed E-state index contributed by atoms with van der Waals surface area (Å²) in [4.78, 5) is 23.5. The Balaban J connectivity index is 2.48. The van der Waals surface area contributed by atoms with Gasteiger partial charge in [-0.05, 0) is 12.1 Å². The first kappa shape index (κ1) is 12.6. The number of nitrogens with zero attached hydrogens (tertiary/aromatic N) is 1. The second-order valence-corrected chi connectivity index (χ2v) is 3.49. The molecule has 6 heteroatoms. The second-order valence-electron chi connectivity index (χ2n) is 3.11. The number of esters is 1. The van der Waals surface area contributed by atoms with Gasteiger partial charge >= 0.3 is 5.97 Å². The molecule has 1 amide bonds. The Morgan fingerprint density at radius 2 is 2.31 bits per heavy atom. The lowest BCUT2D eigenvalue weighted by molar-refractivity contribution is -0.140. The van der Waals surface area contributed by atoms with Crippen molar-refractivity contribution in [2.24, 2.45) is 0 Å². The van der Waals surface area contributed by atoms with E-state index in [-0.39, 0.29) is 18.9 Å². The summed E-state index contributed by atoms with van der Waals surface area (Å²) in [5.41, 5.74) is 0. The van der Waals surface area contributed by atoms with E-state index in [1.807, 2.05) is 0 Å². The molecular weight excluding hydrogens is 230 g/mol. The summed E-state index contributed by atoms with van der Waals surface area (Å²) in [6.45, 7) is 0.558. The summed E-state index contributed by atoms with van der Waals surface area (Å²) < 4.78 is 9.59. The number of furan rings is 1. The molecule has 5 nitrogen and oxygen atoms in total. The van der Waals surface area contributed by atoms with E-state index >= 15 is 0 Å². The molecule has 1 aromatic rings. The lowest BCUT2D eigenvalue weighted by atomic mass is 10.3. The van der Waals surface area contributed by atoms with Crippen molar-refractivity contribution in [3.63, 3.8) is 0 Å². The zero-order valence-electron chi connectivity index (χ0n) is 8.88. The molecule has 0 saturated heterocycles. The maximum absolute atomic E-state index is 11.2. The normalized spacial score (nSPS) is 9.88. The molecule has 1 aromatic heterocycles. The van der Waals surface area contributed by atoms with Gasteiger partial charge in [0.05, 0.1) is 26.3 Å². The predicted molar refractivity (Wildman–Crippen MR) is 60.1 cm³/mol. The van der Waals surface area contributed by atoms with Crippen LogP contribution in [0.25, 0.3) is 0 Å². The van der Waals surface area contributed by atoms with Crippen molar-refractivity contribution in [1.82, 2.24) is 4.90 Å². The zero-order valence-corrected chi connectivity index (χ0v) is 9.78. The van der Waals surface area contributed by atoms with E-state index in [2.05, 4.69) is 17.4 Å². The van der Waals surface area contributed by atoms with Crippen LogP contribution < -0.4 is 0 Å². The van der Waals surface area contributed by atoms with Gasteiger partial charge < -0.3 is 14.1 Å². The summed E-state index contributed by atoms with van der Waals surface area (Å²) >= 11 is 3.73. The van der Waals surface area contributed by atoms with Gasteiger partial charge in [-0.15, -0.1) is 0 Å². The van der Waals surface area contributed by atoms with Gasteiger partial charge in [0.2, 0.25) is 0 Å². The Labute approximate surface area is 98.8 Å². The molecular formula is C10H13NO4S. The maximum atomic E-state index is 11.2. The van der Waals surface area contributed by atoms with Crippen LogP contribution in [0.15, 0.2) is 22.8 Å². The molecule has 0 atom stereocenters. The molecule has 1 heterocycles. The van der Waals surface area contributed by atoms with E-state index in [9.17, 15) is 9.59 Å². The highest BCUT2D eigenvalue weighted by Gasteiger charge is 2.13. The molecule has 0 spiro atoms. The van der Waals surface area contributed by atoms with Crippen LogP contribution in [0, 0.1) is 0 Å². The zero-order chi connectivity index (χ0) is 12.0. The van der Waals surface area contributed by atoms with Gasteiger partial charge in [0.25, 0.3) is 5.24 Å². The largest absolute Gasteiger partial charge is 0.469 e. The molecule has 0 aliphatic rings. The van der Waals surface area contributed by atoms with Gasteiger partial charge in [-0.3, -0.25) is 9.59 Å². The third kappa shape index (κ3) is 3.98. The summed E-state index contributed by atoms with van der Waals surface area (Å²) in [5, 5.41) is -0.402. The van der Waals surface area contributed by atoms with Crippen LogP contribution in [0.5, 0.6) is 0 Å². The minimum Gasteiger partial charge on any atom is -0.469 e. The quantitative estimate of drug-likeness (QED) is 0.631. The molecule has 0 radical (unpaired) electrons. The SMILES string of the molecule is COC(=O)CCN(Cc1ccco1)C(=O)S. The molecule has 88 valence electrons. The van der Waals surface area contributed by atoms with E-state index in [4.69, 9.17) is 4.42 Å². The topological polar surface area (TPSA) is 59.8 Å². The number of rotatable bonds is 5. The standard InChI is InChI=1S/C10H13NO4S/c1-14-9(12)4-5-11(10(13)16)7-8-3-2-6-15-8/h2-3,6H,4-5,7H2,1H3,(H,13,16). The van der Waals surface area contributed by atoms with E-state index in [1.165, 1.54) is 18.3 Å². The van der Waals surface area contributed by atoms with Gasteiger partial charge in [0.15, 0.2) is 0 Å². The van der Waals surface area contributed by atoms with Gasteiger partial charge in [-0.2, -0.15) is 0 Å². The maximum Gasteiger partial charge on any atom is 0.307 e. The van der Waals surface area contributed by atoms with Crippen molar-refractivity contribution in [3.8, 4) is 0 Å². The van der Waals surface area contributed by atoms with Crippen molar-refractivity contribution in [2.45, 2.75) is 13.0 Å². The molecule has 0 N–H and O–H groups in total. The highest BCUT2D eigenvalue weighted by Crippen LogP contribution is 2.08. The fourth-order valence-electron chi connectivity index (χ4n) is 1.16. The van der Waals surface area contributed by atoms with E-state index in [1.54, 1.807) is 12.1 Å². The summed E-state index contributed by atoms with van der Waals surface area (Å²) in [6, 6.07) is 3.48. The highest BCUT2D eigenvalue weighted by molar-refractivity contribution is 7.96. The predicted octanol–water partition coefficient (Wildman–Crippen LogP) is 1.69. The number of ether oxygens (including phenoxy) is 1. The number of hydrogen-bond acceptors (Lipinski definition) is 4. The smallest absolute Gasteiger partial charge is 0.307 e. The fourth-order valence-corrected chi connectivity index (χ4v) is 1.33. The number of carbonyl (C=O) groups excluding carboxylic acids is 2. The van der Waals surface area contributed by atoms with Crippen LogP contribution in [0.2, 0.25) is 0 Å². The van der Waals surface area contributed by atoms with Crippen molar-refractivity contribution < 1.29 is 18.7 Å². The minimum atomic E-state index is -0.402. The lowest BCUT2D eigenvalue weighted by Crippen LogP contribution is -2.28. The first-order valence-electron chi connectivity index (χ1n) is 4.70. The van der Waals surface area contributed by atoms with Gasteiger partial charge in [-0.1, -0.05) is 12.6 Å². The molecule has 16 heavy (non-hydrogen) atoms. The molecule has 0 saturated carbocycles. The summed E-state index contributed by atoms with van der Waals surface area (Å²) in [7, 11) is 1.31. The Kier molecular flexibility index (Phi) is 4.91. The molecule has 0 aliphatic carbocycles. The summed E-state index contributed by atoms with van der Waals surface area (Å²) in [5.74, 6) is 0.284.